The van der Waals surface area contributed by atoms with E-state index >= 15 is 0 Å². The van der Waals surface area contributed by atoms with E-state index in [9.17, 15) is 5.11 Å². The molecule has 0 amide bonds. The van der Waals surface area contributed by atoms with Crippen molar-refractivity contribution in [3.05, 3.63) is 0 Å². The summed E-state index contributed by atoms with van der Waals surface area (Å²) in [6.07, 6.45) is 4.30. The Labute approximate surface area is 80.4 Å². The fourth-order valence-corrected chi connectivity index (χ4v) is 2.14. The van der Waals surface area contributed by atoms with Crippen molar-refractivity contribution in [1.82, 2.24) is 4.90 Å². The Morgan fingerprint density at radius 3 is 2.85 bits per heavy atom. The van der Waals surface area contributed by atoms with Gasteiger partial charge in [0, 0.05) is 12.6 Å². The van der Waals surface area contributed by atoms with E-state index in [1.807, 2.05) is 6.92 Å². The number of hydrogen-bond donors (Lipinski definition) is 2. The molecular weight excluding hydrogens is 166 g/mol. The second-order valence-electron chi connectivity index (χ2n) is 3.99. The molecule has 0 saturated carbocycles. The highest BCUT2D eigenvalue weighted by atomic mass is 16.3. The van der Waals surface area contributed by atoms with E-state index in [2.05, 4.69) is 4.90 Å². The highest BCUT2D eigenvalue weighted by molar-refractivity contribution is 4.78. The molecule has 78 valence electrons. The molecule has 0 aromatic rings. The van der Waals surface area contributed by atoms with Crippen LogP contribution < -0.4 is 0 Å². The second-order valence-corrected chi connectivity index (χ2v) is 3.99. The third-order valence-electron chi connectivity index (χ3n) is 2.75. The zero-order valence-corrected chi connectivity index (χ0v) is 8.45. The van der Waals surface area contributed by atoms with E-state index in [1.165, 1.54) is 19.3 Å². The van der Waals surface area contributed by atoms with Crippen LogP contribution in [0.15, 0.2) is 0 Å². The second kappa shape index (κ2) is 5.58. The fraction of sp³-hybridized carbons (Fsp3) is 1.00. The van der Waals surface area contributed by atoms with Crippen LogP contribution in [0.1, 0.15) is 32.6 Å². The van der Waals surface area contributed by atoms with Crippen LogP contribution in [0, 0.1) is 0 Å². The average molecular weight is 187 g/mol. The minimum Gasteiger partial charge on any atom is -0.395 e. The Kier molecular flexibility index (Phi) is 4.70. The lowest BCUT2D eigenvalue weighted by atomic mass is 9.97. The van der Waals surface area contributed by atoms with Gasteiger partial charge in [-0.15, -0.1) is 0 Å². The molecule has 1 aliphatic heterocycles. The molecular formula is C10H21NO2. The third-order valence-corrected chi connectivity index (χ3v) is 2.75. The van der Waals surface area contributed by atoms with E-state index in [0.717, 1.165) is 19.5 Å². The number of hydrogen-bond acceptors (Lipinski definition) is 3. The minimum absolute atomic E-state index is 0.218. The van der Waals surface area contributed by atoms with Crippen LogP contribution in [0.5, 0.6) is 0 Å². The van der Waals surface area contributed by atoms with Gasteiger partial charge < -0.3 is 10.2 Å². The maximum atomic E-state index is 9.30. The van der Waals surface area contributed by atoms with Crippen molar-refractivity contribution >= 4 is 0 Å². The van der Waals surface area contributed by atoms with Crippen LogP contribution in [-0.2, 0) is 0 Å². The summed E-state index contributed by atoms with van der Waals surface area (Å²) in [5, 5.41) is 18.2. The Morgan fingerprint density at radius 2 is 2.23 bits per heavy atom. The molecule has 1 aliphatic rings. The predicted molar refractivity (Wildman–Crippen MR) is 52.6 cm³/mol. The Morgan fingerprint density at radius 1 is 1.46 bits per heavy atom. The lowest BCUT2D eigenvalue weighted by Gasteiger charge is -2.35. The molecule has 0 aromatic carbocycles. The number of aliphatic hydroxyl groups excluding tert-OH is 2. The summed E-state index contributed by atoms with van der Waals surface area (Å²) < 4.78 is 0. The summed E-state index contributed by atoms with van der Waals surface area (Å²) >= 11 is 0. The zero-order valence-electron chi connectivity index (χ0n) is 8.45. The summed E-state index contributed by atoms with van der Waals surface area (Å²) in [4.78, 5) is 2.30. The highest BCUT2D eigenvalue weighted by Crippen LogP contribution is 2.20. The van der Waals surface area contributed by atoms with Gasteiger partial charge in [-0.2, -0.15) is 0 Å². The van der Waals surface area contributed by atoms with E-state index in [-0.39, 0.29) is 12.7 Å². The van der Waals surface area contributed by atoms with Crippen molar-refractivity contribution in [3.63, 3.8) is 0 Å². The molecule has 0 radical (unpaired) electrons. The molecule has 1 rings (SSSR count). The minimum atomic E-state index is -0.218. The molecule has 1 heterocycles. The molecule has 2 unspecified atom stereocenters. The Balaban J connectivity index is 2.36. The quantitative estimate of drug-likeness (QED) is 0.677. The van der Waals surface area contributed by atoms with Crippen molar-refractivity contribution in [2.75, 3.05) is 19.7 Å². The van der Waals surface area contributed by atoms with Gasteiger partial charge in [0.15, 0.2) is 0 Å². The van der Waals surface area contributed by atoms with Gasteiger partial charge in [0.05, 0.1) is 12.7 Å². The standard InChI is InChI=1S/C10H21NO2/c1-9(13)8-10-4-2-3-5-11(10)6-7-12/h9-10,12-13H,2-8H2,1H3. The van der Waals surface area contributed by atoms with Crippen molar-refractivity contribution < 1.29 is 10.2 Å². The lowest BCUT2D eigenvalue weighted by Crippen LogP contribution is -2.42. The summed E-state index contributed by atoms with van der Waals surface area (Å²) in [6, 6.07) is 0.487. The number of β-amino-alcohol motifs (C(OH)–C–C–N with tert-alkyl or cyclic N) is 1. The molecule has 1 saturated heterocycles. The highest BCUT2D eigenvalue weighted by Gasteiger charge is 2.22. The molecule has 2 N–H and O–H groups in total. The molecule has 2 atom stereocenters. The Bertz CT molecular complexity index is 137. The smallest absolute Gasteiger partial charge is 0.0558 e. The van der Waals surface area contributed by atoms with Crippen LogP contribution in [0.3, 0.4) is 0 Å². The number of piperidine rings is 1. The SMILES string of the molecule is CC(O)CC1CCCCN1CCO. The maximum absolute atomic E-state index is 9.30. The monoisotopic (exact) mass is 187 g/mol. The summed E-state index contributed by atoms with van der Waals surface area (Å²) in [5.41, 5.74) is 0. The molecule has 0 aliphatic carbocycles. The first-order valence-corrected chi connectivity index (χ1v) is 5.27. The molecule has 0 spiro atoms. The fourth-order valence-electron chi connectivity index (χ4n) is 2.14. The average Bonchev–Trinajstić information content (AvgIpc) is 2.08. The van der Waals surface area contributed by atoms with Gasteiger partial charge in [0.25, 0.3) is 0 Å². The van der Waals surface area contributed by atoms with Gasteiger partial charge in [-0.1, -0.05) is 6.42 Å². The van der Waals surface area contributed by atoms with E-state index in [4.69, 9.17) is 5.11 Å². The van der Waals surface area contributed by atoms with Crippen LogP contribution in [0.2, 0.25) is 0 Å². The van der Waals surface area contributed by atoms with E-state index in [1.54, 1.807) is 0 Å². The van der Waals surface area contributed by atoms with E-state index < -0.39 is 0 Å². The molecule has 13 heavy (non-hydrogen) atoms. The normalized spacial score (nSPS) is 27.5. The predicted octanol–water partition coefficient (Wildman–Crippen LogP) is 0.604. The van der Waals surface area contributed by atoms with Crippen LogP contribution in [0.25, 0.3) is 0 Å². The van der Waals surface area contributed by atoms with Crippen LogP contribution >= 0.6 is 0 Å². The summed E-state index contributed by atoms with van der Waals surface area (Å²) in [7, 11) is 0. The molecule has 0 aromatic heterocycles. The molecule has 0 bridgehead atoms. The lowest BCUT2D eigenvalue weighted by molar-refractivity contribution is 0.0730. The zero-order chi connectivity index (χ0) is 9.68. The molecule has 3 heteroatoms. The van der Waals surface area contributed by atoms with Gasteiger partial charge >= 0.3 is 0 Å². The van der Waals surface area contributed by atoms with Crippen LogP contribution in [0.4, 0.5) is 0 Å². The van der Waals surface area contributed by atoms with Gasteiger partial charge in [0.2, 0.25) is 0 Å². The first kappa shape index (κ1) is 11.0. The van der Waals surface area contributed by atoms with Gasteiger partial charge in [-0.05, 0) is 32.7 Å². The topological polar surface area (TPSA) is 43.7 Å². The number of rotatable bonds is 4. The Hall–Kier alpha value is -0.120. The van der Waals surface area contributed by atoms with Crippen molar-refractivity contribution in [1.29, 1.82) is 0 Å². The molecule has 3 nitrogen and oxygen atoms in total. The van der Waals surface area contributed by atoms with Gasteiger partial charge in [0.1, 0.15) is 0 Å². The number of nitrogens with zero attached hydrogens (tertiary/aromatic N) is 1. The van der Waals surface area contributed by atoms with E-state index in [0.29, 0.717) is 6.04 Å². The number of aliphatic hydroxyl groups is 2. The third kappa shape index (κ3) is 3.63. The van der Waals surface area contributed by atoms with Crippen molar-refractivity contribution in [2.45, 2.75) is 44.8 Å². The van der Waals surface area contributed by atoms with Crippen LogP contribution in [-0.4, -0.2) is 47.0 Å². The van der Waals surface area contributed by atoms with Crippen molar-refractivity contribution in [2.24, 2.45) is 0 Å². The molecule has 1 fully saturated rings. The van der Waals surface area contributed by atoms with Gasteiger partial charge in [-0.25, -0.2) is 0 Å². The maximum Gasteiger partial charge on any atom is 0.0558 e. The summed E-state index contributed by atoms with van der Waals surface area (Å²) in [6.45, 7) is 3.91. The first-order valence-electron chi connectivity index (χ1n) is 5.27. The number of likely N-dealkylation sites (tertiary alicyclic amines) is 1. The van der Waals surface area contributed by atoms with Crippen molar-refractivity contribution in [3.8, 4) is 0 Å². The van der Waals surface area contributed by atoms with Gasteiger partial charge in [-0.3, -0.25) is 4.90 Å². The largest absolute Gasteiger partial charge is 0.395 e. The first-order chi connectivity index (χ1) is 6.24. The summed E-state index contributed by atoms with van der Waals surface area (Å²) in [5.74, 6) is 0.